The summed E-state index contributed by atoms with van der Waals surface area (Å²) < 4.78 is 0. The van der Waals surface area contributed by atoms with Crippen LogP contribution in [0.2, 0.25) is 0 Å². The second-order valence-electron chi connectivity index (χ2n) is 2.66. The van der Waals surface area contributed by atoms with Crippen LogP contribution < -0.4 is 5.32 Å². The maximum Gasteiger partial charge on any atom is 0.0400 e. The van der Waals surface area contributed by atoms with Gasteiger partial charge in [-0.05, 0) is 25.0 Å². The van der Waals surface area contributed by atoms with E-state index in [1.54, 1.807) is 6.20 Å². The second kappa shape index (κ2) is 4.99. The van der Waals surface area contributed by atoms with Crippen LogP contribution in [-0.4, -0.2) is 17.4 Å². The zero-order valence-electron chi connectivity index (χ0n) is 7.18. The quantitative estimate of drug-likeness (QED) is 0.575. The van der Waals surface area contributed by atoms with Crippen LogP contribution in [0.1, 0.15) is 12.0 Å². The molecule has 2 nitrogen and oxygen atoms in total. The second-order valence-corrected chi connectivity index (χ2v) is 3.04. The van der Waals surface area contributed by atoms with Crippen LogP contribution in [0.15, 0.2) is 18.5 Å². The molecule has 0 unspecified atom stereocenters. The molecule has 0 atom stereocenters. The summed E-state index contributed by atoms with van der Waals surface area (Å²) >= 11 is 5.56. The molecule has 0 aliphatic rings. The lowest BCUT2D eigenvalue weighted by Crippen LogP contribution is -2.03. The summed E-state index contributed by atoms with van der Waals surface area (Å²) in [6.07, 6.45) is 4.63. The Hall–Kier alpha value is -0.760. The molecule has 0 saturated heterocycles. The first-order valence-electron chi connectivity index (χ1n) is 4.05. The Morgan fingerprint density at radius 3 is 3.08 bits per heavy atom. The lowest BCUT2D eigenvalue weighted by molar-refractivity contribution is 0.983. The number of aryl methyl sites for hydroxylation is 1. The Labute approximate surface area is 78.0 Å². The smallest absolute Gasteiger partial charge is 0.0400 e. The third-order valence-corrected chi connectivity index (χ3v) is 1.91. The minimum Gasteiger partial charge on any atom is -0.385 e. The summed E-state index contributed by atoms with van der Waals surface area (Å²) in [4.78, 5) is 4.01. The Bertz CT molecular complexity index is 238. The molecule has 12 heavy (non-hydrogen) atoms. The van der Waals surface area contributed by atoms with E-state index in [1.165, 1.54) is 5.56 Å². The highest BCUT2D eigenvalue weighted by atomic mass is 35.5. The van der Waals surface area contributed by atoms with Crippen molar-refractivity contribution < 1.29 is 0 Å². The predicted molar refractivity (Wildman–Crippen MR) is 52.8 cm³/mol. The van der Waals surface area contributed by atoms with E-state index >= 15 is 0 Å². The fourth-order valence-corrected chi connectivity index (χ4v) is 1.10. The number of nitrogens with zero attached hydrogens (tertiary/aromatic N) is 1. The van der Waals surface area contributed by atoms with Gasteiger partial charge in [0.25, 0.3) is 0 Å². The fraction of sp³-hybridized carbons (Fsp3) is 0.444. The number of pyridine rings is 1. The van der Waals surface area contributed by atoms with Crippen LogP contribution in [-0.2, 0) is 0 Å². The maximum atomic E-state index is 5.56. The van der Waals surface area contributed by atoms with Crippen molar-refractivity contribution in [1.29, 1.82) is 0 Å². The van der Waals surface area contributed by atoms with Gasteiger partial charge in [-0.15, -0.1) is 11.6 Å². The van der Waals surface area contributed by atoms with Gasteiger partial charge in [0.1, 0.15) is 0 Å². The van der Waals surface area contributed by atoms with Crippen LogP contribution in [0.5, 0.6) is 0 Å². The van der Waals surface area contributed by atoms with Gasteiger partial charge in [-0.2, -0.15) is 0 Å². The van der Waals surface area contributed by atoms with Crippen molar-refractivity contribution in [3.63, 3.8) is 0 Å². The molecule has 0 radical (unpaired) electrons. The molecule has 0 aliphatic heterocycles. The zero-order valence-corrected chi connectivity index (χ0v) is 7.93. The van der Waals surface area contributed by atoms with E-state index in [-0.39, 0.29) is 0 Å². The molecule has 0 amide bonds. The van der Waals surface area contributed by atoms with E-state index < -0.39 is 0 Å². The molecule has 0 aromatic carbocycles. The molecule has 0 aliphatic carbocycles. The van der Waals surface area contributed by atoms with Gasteiger partial charge < -0.3 is 5.32 Å². The highest BCUT2D eigenvalue weighted by molar-refractivity contribution is 6.17. The summed E-state index contributed by atoms with van der Waals surface area (Å²) in [5, 5.41) is 3.29. The molecule has 1 aromatic heterocycles. The lowest BCUT2D eigenvalue weighted by Gasteiger charge is -2.06. The topological polar surface area (TPSA) is 24.9 Å². The van der Waals surface area contributed by atoms with Gasteiger partial charge in [0.15, 0.2) is 0 Å². The SMILES string of the molecule is Cc1cnccc1NCCCCl. The Morgan fingerprint density at radius 2 is 2.42 bits per heavy atom. The number of hydrogen-bond acceptors (Lipinski definition) is 2. The van der Waals surface area contributed by atoms with Gasteiger partial charge in [0.05, 0.1) is 0 Å². The number of aromatic nitrogens is 1. The van der Waals surface area contributed by atoms with E-state index in [1.807, 2.05) is 19.2 Å². The normalized spacial score (nSPS) is 9.83. The average molecular weight is 185 g/mol. The predicted octanol–water partition coefficient (Wildman–Crippen LogP) is 2.43. The molecular formula is C9H13ClN2. The number of alkyl halides is 1. The number of halogens is 1. The van der Waals surface area contributed by atoms with Gasteiger partial charge in [0, 0.05) is 30.5 Å². The van der Waals surface area contributed by atoms with Crippen LogP contribution in [0.25, 0.3) is 0 Å². The molecule has 0 saturated carbocycles. The molecule has 0 spiro atoms. The average Bonchev–Trinajstić information content (AvgIpc) is 2.09. The van der Waals surface area contributed by atoms with Crippen molar-refractivity contribution in [3.05, 3.63) is 24.0 Å². The van der Waals surface area contributed by atoms with Crippen molar-refractivity contribution in [2.24, 2.45) is 0 Å². The van der Waals surface area contributed by atoms with Crippen LogP contribution >= 0.6 is 11.6 Å². The van der Waals surface area contributed by atoms with Gasteiger partial charge in [-0.25, -0.2) is 0 Å². The first-order chi connectivity index (χ1) is 5.84. The number of nitrogens with one attached hydrogen (secondary N) is 1. The van der Waals surface area contributed by atoms with Crippen LogP contribution in [0, 0.1) is 6.92 Å². The van der Waals surface area contributed by atoms with E-state index in [2.05, 4.69) is 10.3 Å². The summed E-state index contributed by atoms with van der Waals surface area (Å²) in [6, 6.07) is 1.98. The van der Waals surface area contributed by atoms with Crippen molar-refractivity contribution >= 4 is 17.3 Å². The Balaban J connectivity index is 2.46. The molecule has 0 fully saturated rings. The molecular weight excluding hydrogens is 172 g/mol. The molecule has 1 aromatic rings. The molecule has 1 N–H and O–H groups in total. The summed E-state index contributed by atoms with van der Waals surface area (Å²) in [6.45, 7) is 2.96. The third-order valence-electron chi connectivity index (χ3n) is 1.65. The highest BCUT2D eigenvalue weighted by Crippen LogP contribution is 2.10. The zero-order chi connectivity index (χ0) is 8.81. The van der Waals surface area contributed by atoms with Crippen molar-refractivity contribution in [1.82, 2.24) is 4.98 Å². The fourth-order valence-electron chi connectivity index (χ4n) is 0.962. The number of hydrogen-bond donors (Lipinski definition) is 1. The van der Waals surface area contributed by atoms with Gasteiger partial charge in [-0.1, -0.05) is 0 Å². The van der Waals surface area contributed by atoms with Gasteiger partial charge >= 0.3 is 0 Å². The van der Waals surface area contributed by atoms with Crippen molar-refractivity contribution in [2.45, 2.75) is 13.3 Å². The van der Waals surface area contributed by atoms with Gasteiger partial charge in [0.2, 0.25) is 0 Å². The Morgan fingerprint density at radius 1 is 1.58 bits per heavy atom. The minimum atomic E-state index is 0.705. The summed E-state index contributed by atoms with van der Waals surface area (Å²) in [5.74, 6) is 0.705. The van der Waals surface area contributed by atoms with E-state index in [0.717, 1.165) is 18.7 Å². The molecule has 1 rings (SSSR count). The molecule has 0 bridgehead atoms. The van der Waals surface area contributed by atoms with Crippen molar-refractivity contribution in [3.8, 4) is 0 Å². The van der Waals surface area contributed by atoms with E-state index in [9.17, 15) is 0 Å². The van der Waals surface area contributed by atoms with E-state index in [4.69, 9.17) is 11.6 Å². The van der Waals surface area contributed by atoms with Crippen LogP contribution in [0.3, 0.4) is 0 Å². The third kappa shape index (κ3) is 2.70. The maximum absolute atomic E-state index is 5.56. The number of anilines is 1. The van der Waals surface area contributed by atoms with Gasteiger partial charge in [-0.3, -0.25) is 4.98 Å². The first-order valence-corrected chi connectivity index (χ1v) is 4.58. The van der Waals surface area contributed by atoms with Crippen molar-refractivity contribution in [2.75, 3.05) is 17.7 Å². The monoisotopic (exact) mass is 184 g/mol. The highest BCUT2D eigenvalue weighted by Gasteiger charge is 1.94. The lowest BCUT2D eigenvalue weighted by atomic mass is 10.2. The Kier molecular flexibility index (Phi) is 3.88. The molecule has 1 heterocycles. The standard InChI is InChI=1S/C9H13ClN2/c1-8-7-11-6-3-9(8)12-5-2-4-10/h3,6-7H,2,4-5H2,1H3,(H,11,12). The first kappa shape index (κ1) is 9.33. The summed E-state index contributed by atoms with van der Waals surface area (Å²) in [5.41, 5.74) is 2.32. The number of rotatable bonds is 4. The minimum absolute atomic E-state index is 0.705. The summed E-state index contributed by atoms with van der Waals surface area (Å²) in [7, 11) is 0. The van der Waals surface area contributed by atoms with E-state index in [0.29, 0.717) is 5.88 Å². The van der Waals surface area contributed by atoms with Crippen LogP contribution in [0.4, 0.5) is 5.69 Å². The largest absolute Gasteiger partial charge is 0.385 e. The molecule has 3 heteroatoms. The molecule has 66 valence electrons.